The zero-order valence-corrected chi connectivity index (χ0v) is 18.8. The summed E-state index contributed by atoms with van der Waals surface area (Å²) in [7, 11) is 1.12. The number of aromatic nitrogens is 1. The quantitative estimate of drug-likeness (QED) is 0.431. The number of ether oxygens (including phenoxy) is 3. The van der Waals surface area contributed by atoms with Crippen LogP contribution in [0.2, 0.25) is 0 Å². The molecule has 0 unspecified atom stereocenters. The summed E-state index contributed by atoms with van der Waals surface area (Å²) >= 11 is 0. The van der Waals surface area contributed by atoms with Gasteiger partial charge in [-0.15, -0.1) is 0 Å². The van der Waals surface area contributed by atoms with E-state index in [0.29, 0.717) is 6.07 Å². The molecule has 1 aromatic heterocycles. The Bertz CT molecular complexity index is 883. The van der Waals surface area contributed by atoms with Crippen LogP contribution in [-0.4, -0.2) is 54.3 Å². The highest BCUT2D eigenvalue weighted by molar-refractivity contribution is 5.97. The molecule has 10 nitrogen and oxygen atoms in total. The van der Waals surface area contributed by atoms with Crippen LogP contribution in [0.25, 0.3) is 0 Å². The summed E-state index contributed by atoms with van der Waals surface area (Å²) in [6.45, 7) is 6.15. The SMILES string of the molecule is CCOC(=O)[C@H](CCC(=O)OC)NC(=O)c1ncc(NC(=O)OC(C)(C)C)cc1C(F)(F)F. The number of nitrogens with one attached hydrogen (secondary N) is 2. The molecule has 0 spiro atoms. The van der Waals surface area contributed by atoms with E-state index in [4.69, 9.17) is 9.47 Å². The molecule has 1 heterocycles. The zero-order chi connectivity index (χ0) is 25.4. The lowest BCUT2D eigenvalue weighted by Gasteiger charge is -2.20. The Morgan fingerprint density at radius 1 is 1.15 bits per heavy atom. The van der Waals surface area contributed by atoms with E-state index in [1.54, 1.807) is 20.8 Å². The van der Waals surface area contributed by atoms with Crippen molar-refractivity contribution < 1.29 is 46.6 Å². The third-order valence-corrected chi connectivity index (χ3v) is 3.79. The maximum atomic E-state index is 13.6. The molecule has 0 aromatic carbocycles. The van der Waals surface area contributed by atoms with E-state index >= 15 is 0 Å². The van der Waals surface area contributed by atoms with Crippen LogP contribution >= 0.6 is 0 Å². The van der Waals surface area contributed by atoms with Gasteiger partial charge in [0.15, 0.2) is 0 Å². The Hall–Kier alpha value is -3.38. The van der Waals surface area contributed by atoms with Crippen molar-refractivity contribution in [2.24, 2.45) is 0 Å². The summed E-state index contributed by atoms with van der Waals surface area (Å²) in [6.07, 6.45) is -5.76. The Labute approximate surface area is 188 Å². The second kappa shape index (κ2) is 11.5. The molecule has 0 bridgehead atoms. The van der Waals surface area contributed by atoms with Gasteiger partial charge in [0.05, 0.1) is 31.2 Å². The Kier molecular flexibility index (Phi) is 9.62. The number of amides is 2. The topological polar surface area (TPSA) is 133 Å². The number of hydrogen-bond donors (Lipinski definition) is 2. The molecule has 0 radical (unpaired) electrons. The zero-order valence-electron chi connectivity index (χ0n) is 18.8. The van der Waals surface area contributed by atoms with Crippen molar-refractivity contribution in [2.45, 2.75) is 58.4 Å². The monoisotopic (exact) mass is 477 g/mol. The van der Waals surface area contributed by atoms with Crippen molar-refractivity contribution >= 4 is 29.6 Å². The number of methoxy groups -OCH3 is 1. The predicted molar refractivity (Wildman–Crippen MR) is 108 cm³/mol. The standard InChI is InChI=1S/C20H26F3N3O7/c1-6-32-17(29)13(7-8-14(27)31-5)26-16(28)15-12(20(21,22)23)9-11(10-24-15)25-18(30)33-19(2,3)4/h9-10,13H,6-8H2,1-5H3,(H,25,30)(H,26,28)/t13-/m0/s1. The summed E-state index contributed by atoms with van der Waals surface area (Å²) in [5, 5.41) is 4.22. The lowest BCUT2D eigenvalue weighted by molar-refractivity contribution is -0.146. The van der Waals surface area contributed by atoms with Crippen LogP contribution in [0.15, 0.2) is 12.3 Å². The van der Waals surface area contributed by atoms with Gasteiger partial charge < -0.3 is 19.5 Å². The number of carbonyl (C=O) groups is 4. The molecule has 2 N–H and O–H groups in total. The number of anilines is 1. The first-order valence-corrected chi connectivity index (χ1v) is 9.79. The van der Waals surface area contributed by atoms with Crippen LogP contribution in [0.3, 0.4) is 0 Å². The van der Waals surface area contributed by atoms with Crippen molar-refractivity contribution in [1.29, 1.82) is 0 Å². The number of hydrogen-bond acceptors (Lipinski definition) is 8. The average molecular weight is 477 g/mol. The van der Waals surface area contributed by atoms with E-state index in [0.717, 1.165) is 13.3 Å². The van der Waals surface area contributed by atoms with Crippen molar-refractivity contribution in [3.8, 4) is 0 Å². The molecule has 0 aliphatic heterocycles. The van der Waals surface area contributed by atoms with Crippen LogP contribution in [0.4, 0.5) is 23.7 Å². The van der Waals surface area contributed by atoms with Gasteiger partial charge in [-0.3, -0.25) is 14.9 Å². The summed E-state index contributed by atoms with van der Waals surface area (Å²) < 4.78 is 55.0. The number of halogens is 3. The minimum absolute atomic E-state index is 0.0550. The van der Waals surface area contributed by atoms with E-state index in [1.165, 1.54) is 6.92 Å². The average Bonchev–Trinajstić information content (AvgIpc) is 2.68. The van der Waals surface area contributed by atoms with Gasteiger partial charge in [0.1, 0.15) is 17.3 Å². The highest BCUT2D eigenvalue weighted by atomic mass is 19.4. The Morgan fingerprint density at radius 3 is 2.30 bits per heavy atom. The van der Waals surface area contributed by atoms with Gasteiger partial charge in [-0.1, -0.05) is 0 Å². The lowest BCUT2D eigenvalue weighted by Crippen LogP contribution is -2.43. The third kappa shape index (κ3) is 9.33. The number of pyridine rings is 1. The number of alkyl halides is 3. The molecule has 184 valence electrons. The smallest absolute Gasteiger partial charge is 0.418 e. The molecule has 1 atom stereocenters. The second-order valence-electron chi connectivity index (χ2n) is 7.64. The van der Waals surface area contributed by atoms with Gasteiger partial charge in [0.2, 0.25) is 0 Å². The second-order valence-corrected chi connectivity index (χ2v) is 7.64. The molecule has 33 heavy (non-hydrogen) atoms. The predicted octanol–water partition coefficient (Wildman–Crippen LogP) is 3.06. The molecule has 0 fully saturated rings. The molecule has 0 saturated heterocycles. The number of esters is 2. The Morgan fingerprint density at radius 2 is 1.79 bits per heavy atom. The lowest BCUT2D eigenvalue weighted by atomic mass is 10.1. The molecule has 0 aliphatic rings. The van der Waals surface area contributed by atoms with E-state index in [-0.39, 0.29) is 25.1 Å². The fourth-order valence-corrected chi connectivity index (χ4v) is 2.43. The van der Waals surface area contributed by atoms with Gasteiger partial charge in [0, 0.05) is 6.42 Å². The summed E-state index contributed by atoms with van der Waals surface area (Å²) in [5.74, 6) is -2.95. The van der Waals surface area contributed by atoms with Gasteiger partial charge in [-0.25, -0.2) is 14.6 Å². The van der Waals surface area contributed by atoms with Crippen LogP contribution in [-0.2, 0) is 30.0 Å². The molecule has 1 rings (SSSR count). The maximum absolute atomic E-state index is 13.6. The van der Waals surface area contributed by atoms with Gasteiger partial charge in [-0.05, 0) is 40.2 Å². The largest absolute Gasteiger partial charge is 0.469 e. The van der Waals surface area contributed by atoms with Gasteiger partial charge >= 0.3 is 24.2 Å². The summed E-state index contributed by atoms with van der Waals surface area (Å²) in [6, 6.07) is -0.904. The van der Waals surface area contributed by atoms with Crippen LogP contribution in [0.5, 0.6) is 0 Å². The minimum atomic E-state index is -5.02. The van der Waals surface area contributed by atoms with Crippen molar-refractivity contribution in [2.75, 3.05) is 19.0 Å². The fourth-order valence-electron chi connectivity index (χ4n) is 2.43. The highest BCUT2D eigenvalue weighted by Crippen LogP contribution is 2.33. The fraction of sp³-hybridized carbons (Fsp3) is 0.550. The van der Waals surface area contributed by atoms with Crippen molar-refractivity contribution in [3.63, 3.8) is 0 Å². The van der Waals surface area contributed by atoms with Crippen LogP contribution in [0.1, 0.15) is 56.6 Å². The van der Waals surface area contributed by atoms with Crippen LogP contribution in [0, 0.1) is 0 Å². The maximum Gasteiger partial charge on any atom is 0.418 e. The van der Waals surface area contributed by atoms with E-state index in [2.05, 4.69) is 20.4 Å². The number of rotatable bonds is 8. The summed E-state index contributed by atoms with van der Waals surface area (Å²) in [5.41, 5.74) is -3.74. The first kappa shape index (κ1) is 27.7. The first-order chi connectivity index (χ1) is 15.2. The molecule has 0 saturated carbocycles. The van der Waals surface area contributed by atoms with E-state index < -0.39 is 53.0 Å². The van der Waals surface area contributed by atoms with Crippen LogP contribution < -0.4 is 10.6 Å². The highest BCUT2D eigenvalue weighted by Gasteiger charge is 2.38. The molecule has 0 aliphatic carbocycles. The first-order valence-electron chi connectivity index (χ1n) is 9.79. The van der Waals surface area contributed by atoms with Crippen molar-refractivity contribution in [1.82, 2.24) is 10.3 Å². The van der Waals surface area contributed by atoms with E-state index in [9.17, 15) is 32.3 Å². The molecular weight excluding hydrogens is 451 g/mol. The molecule has 13 heteroatoms. The van der Waals surface area contributed by atoms with Gasteiger partial charge in [-0.2, -0.15) is 13.2 Å². The minimum Gasteiger partial charge on any atom is -0.469 e. The normalized spacial score (nSPS) is 12.4. The number of carbonyl (C=O) groups excluding carboxylic acids is 4. The van der Waals surface area contributed by atoms with Gasteiger partial charge in [0.25, 0.3) is 5.91 Å². The summed E-state index contributed by atoms with van der Waals surface area (Å²) in [4.78, 5) is 51.4. The van der Waals surface area contributed by atoms with Crippen molar-refractivity contribution in [3.05, 3.63) is 23.5 Å². The molecule has 2 amide bonds. The molecule has 1 aromatic rings. The molecular formula is C20H26F3N3O7. The third-order valence-electron chi connectivity index (χ3n) is 3.79. The number of nitrogens with zero attached hydrogens (tertiary/aromatic N) is 1. The Balaban J connectivity index is 3.17. The van der Waals surface area contributed by atoms with E-state index in [1.807, 2.05) is 0 Å².